The van der Waals surface area contributed by atoms with Crippen LogP contribution in [0.25, 0.3) is 0 Å². The smallest absolute Gasteiger partial charge is 0.262 e. The monoisotopic (exact) mass is 340 g/mol. The molecule has 0 saturated heterocycles. The van der Waals surface area contributed by atoms with Crippen molar-refractivity contribution >= 4 is 17.5 Å². The fourth-order valence-electron chi connectivity index (χ4n) is 2.61. The van der Waals surface area contributed by atoms with E-state index in [1.54, 1.807) is 42.5 Å². The van der Waals surface area contributed by atoms with E-state index >= 15 is 0 Å². The molecule has 0 saturated carbocycles. The Balaban J connectivity index is 1.85. The number of fused-ring (bicyclic) bond motifs is 1. The first-order chi connectivity index (χ1) is 12.1. The third-order valence-electron chi connectivity index (χ3n) is 3.82. The Kier molecular flexibility index (Phi) is 4.79. The number of nitrogens with one attached hydrogen (secondary N) is 1. The lowest BCUT2D eigenvalue weighted by Crippen LogP contribution is -2.31. The fourth-order valence-corrected chi connectivity index (χ4v) is 2.61. The van der Waals surface area contributed by atoms with Crippen molar-refractivity contribution in [3.05, 3.63) is 72.1 Å². The van der Waals surface area contributed by atoms with Gasteiger partial charge >= 0.3 is 0 Å². The van der Waals surface area contributed by atoms with Crippen LogP contribution in [-0.2, 0) is 11.3 Å². The van der Waals surface area contributed by atoms with Crippen molar-refractivity contribution in [3.63, 3.8) is 0 Å². The zero-order valence-electron chi connectivity index (χ0n) is 13.5. The van der Waals surface area contributed by atoms with Crippen LogP contribution in [0.4, 0.5) is 10.1 Å². The van der Waals surface area contributed by atoms with Gasteiger partial charge in [-0.1, -0.05) is 24.3 Å². The molecule has 0 unspecified atom stereocenters. The number of hydrogen-bond acceptors (Lipinski definition) is 3. The maximum absolute atomic E-state index is 13.9. The van der Waals surface area contributed by atoms with Gasteiger partial charge in [0.2, 0.25) is 0 Å². The Labute approximate surface area is 144 Å². The largest absolute Gasteiger partial charge is 0.482 e. The summed E-state index contributed by atoms with van der Waals surface area (Å²) in [5.74, 6) is -0.409. The molecular formula is C19H17FN2O3. The molecule has 0 spiro atoms. The summed E-state index contributed by atoms with van der Waals surface area (Å²) in [7, 11) is 0. The van der Waals surface area contributed by atoms with Gasteiger partial charge < -0.3 is 15.0 Å². The number of benzene rings is 2. The summed E-state index contributed by atoms with van der Waals surface area (Å²) >= 11 is 0. The molecule has 128 valence electrons. The first-order valence-corrected chi connectivity index (χ1v) is 7.79. The molecule has 1 heterocycles. The van der Waals surface area contributed by atoms with Crippen LogP contribution in [0.1, 0.15) is 15.9 Å². The normalized spacial score (nSPS) is 12.6. The minimum Gasteiger partial charge on any atom is -0.482 e. The third-order valence-corrected chi connectivity index (χ3v) is 3.82. The average molecular weight is 340 g/mol. The van der Waals surface area contributed by atoms with Crippen molar-refractivity contribution < 1.29 is 18.7 Å². The summed E-state index contributed by atoms with van der Waals surface area (Å²) in [5.41, 5.74) is 1.25. The van der Waals surface area contributed by atoms with E-state index in [9.17, 15) is 14.0 Å². The second kappa shape index (κ2) is 7.17. The SMILES string of the molecule is C=CCN(Cc1ccccc1F)C(=O)c1ccc2c(c1)NC(=O)CO2. The van der Waals surface area contributed by atoms with Crippen LogP contribution in [-0.4, -0.2) is 29.9 Å². The highest BCUT2D eigenvalue weighted by Gasteiger charge is 2.21. The molecule has 0 fully saturated rings. The molecule has 0 aromatic heterocycles. The quantitative estimate of drug-likeness (QED) is 0.852. The maximum Gasteiger partial charge on any atom is 0.262 e. The average Bonchev–Trinajstić information content (AvgIpc) is 2.62. The molecule has 2 aromatic carbocycles. The highest BCUT2D eigenvalue weighted by Crippen LogP contribution is 2.29. The van der Waals surface area contributed by atoms with Crippen LogP contribution in [0.15, 0.2) is 55.1 Å². The summed E-state index contributed by atoms with van der Waals surface area (Å²) in [6, 6.07) is 11.1. The molecule has 2 aromatic rings. The molecule has 6 heteroatoms. The number of ether oxygens (including phenoxy) is 1. The van der Waals surface area contributed by atoms with E-state index in [0.29, 0.717) is 22.6 Å². The van der Waals surface area contributed by atoms with E-state index in [-0.39, 0.29) is 37.3 Å². The van der Waals surface area contributed by atoms with Crippen LogP contribution in [0.2, 0.25) is 0 Å². The van der Waals surface area contributed by atoms with Gasteiger partial charge in [-0.2, -0.15) is 0 Å². The Hall–Kier alpha value is -3.15. The zero-order valence-corrected chi connectivity index (χ0v) is 13.5. The van der Waals surface area contributed by atoms with Crippen molar-refractivity contribution in [1.82, 2.24) is 4.90 Å². The molecule has 0 radical (unpaired) electrons. The van der Waals surface area contributed by atoms with Crippen molar-refractivity contribution in [2.45, 2.75) is 6.54 Å². The van der Waals surface area contributed by atoms with Gasteiger partial charge in [0, 0.05) is 24.2 Å². The number of carbonyl (C=O) groups excluding carboxylic acids is 2. The highest BCUT2D eigenvalue weighted by molar-refractivity contribution is 5.99. The number of carbonyl (C=O) groups is 2. The summed E-state index contributed by atoms with van der Waals surface area (Å²) in [6.07, 6.45) is 1.59. The topological polar surface area (TPSA) is 58.6 Å². The van der Waals surface area contributed by atoms with Gasteiger partial charge in [-0.05, 0) is 24.3 Å². The number of nitrogens with zero attached hydrogens (tertiary/aromatic N) is 1. The number of amides is 2. The minimum absolute atomic E-state index is 0.0455. The van der Waals surface area contributed by atoms with Crippen molar-refractivity contribution in [2.75, 3.05) is 18.5 Å². The van der Waals surface area contributed by atoms with Gasteiger partial charge in [0.05, 0.1) is 5.69 Å². The lowest BCUT2D eigenvalue weighted by Gasteiger charge is -2.23. The summed E-state index contributed by atoms with van der Waals surface area (Å²) < 4.78 is 19.2. The molecule has 2 amide bonds. The van der Waals surface area contributed by atoms with E-state index in [0.717, 1.165) is 0 Å². The number of anilines is 1. The van der Waals surface area contributed by atoms with Crippen molar-refractivity contribution in [3.8, 4) is 5.75 Å². The second-order valence-electron chi connectivity index (χ2n) is 5.61. The molecule has 0 bridgehead atoms. The van der Waals surface area contributed by atoms with Gasteiger partial charge in [-0.15, -0.1) is 6.58 Å². The molecule has 1 aliphatic heterocycles. The van der Waals surface area contributed by atoms with Crippen molar-refractivity contribution in [1.29, 1.82) is 0 Å². The molecule has 25 heavy (non-hydrogen) atoms. The maximum atomic E-state index is 13.9. The Morgan fingerprint density at radius 2 is 2.12 bits per heavy atom. The Bertz CT molecular complexity index is 835. The van der Waals surface area contributed by atoms with E-state index in [2.05, 4.69) is 11.9 Å². The first kappa shape index (κ1) is 16.7. The second-order valence-corrected chi connectivity index (χ2v) is 5.61. The molecule has 1 aliphatic rings. The van der Waals surface area contributed by atoms with Gasteiger partial charge in [-0.25, -0.2) is 4.39 Å². The Morgan fingerprint density at radius 1 is 1.32 bits per heavy atom. The lowest BCUT2D eigenvalue weighted by atomic mass is 10.1. The summed E-state index contributed by atoms with van der Waals surface area (Å²) in [4.78, 5) is 25.7. The van der Waals surface area contributed by atoms with Crippen LogP contribution in [0.3, 0.4) is 0 Å². The first-order valence-electron chi connectivity index (χ1n) is 7.79. The van der Waals surface area contributed by atoms with Crippen LogP contribution >= 0.6 is 0 Å². The molecule has 5 nitrogen and oxygen atoms in total. The standard InChI is InChI=1S/C19H17FN2O3/c1-2-9-22(11-14-5-3-4-6-15(14)20)19(24)13-7-8-17-16(10-13)21-18(23)12-25-17/h2-8,10H,1,9,11-12H2,(H,21,23). The number of hydrogen-bond donors (Lipinski definition) is 1. The van der Waals surface area contributed by atoms with Gasteiger partial charge in [0.1, 0.15) is 11.6 Å². The van der Waals surface area contributed by atoms with Crippen molar-refractivity contribution in [2.24, 2.45) is 0 Å². The lowest BCUT2D eigenvalue weighted by molar-refractivity contribution is -0.118. The van der Waals surface area contributed by atoms with E-state index < -0.39 is 0 Å². The Morgan fingerprint density at radius 3 is 2.88 bits per heavy atom. The minimum atomic E-state index is -0.365. The predicted molar refractivity (Wildman–Crippen MR) is 91.9 cm³/mol. The van der Waals surface area contributed by atoms with Gasteiger partial charge in [0.15, 0.2) is 6.61 Å². The molecule has 0 atom stereocenters. The van der Waals surface area contributed by atoms with Gasteiger partial charge in [-0.3, -0.25) is 9.59 Å². The van der Waals surface area contributed by atoms with Crippen LogP contribution < -0.4 is 10.1 Å². The molecule has 0 aliphatic carbocycles. The van der Waals surface area contributed by atoms with Gasteiger partial charge in [0.25, 0.3) is 11.8 Å². The number of rotatable bonds is 5. The summed E-state index contributed by atoms with van der Waals surface area (Å²) in [5, 5.41) is 2.67. The van der Waals surface area contributed by atoms with Crippen LogP contribution in [0, 0.1) is 5.82 Å². The highest BCUT2D eigenvalue weighted by atomic mass is 19.1. The van der Waals surface area contributed by atoms with E-state index in [1.165, 1.54) is 11.0 Å². The zero-order chi connectivity index (χ0) is 17.8. The van der Waals surface area contributed by atoms with Crippen LogP contribution in [0.5, 0.6) is 5.75 Å². The van der Waals surface area contributed by atoms with E-state index in [1.807, 2.05) is 0 Å². The molecule has 1 N–H and O–H groups in total. The molecular weight excluding hydrogens is 323 g/mol. The fraction of sp³-hybridized carbons (Fsp3) is 0.158. The summed E-state index contributed by atoms with van der Waals surface area (Å²) in [6.45, 7) is 4.00. The third kappa shape index (κ3) is 3.68. The van der Waals surface area contributed by atoms with E-state index in [4.69, 9.17) is 4.74 Å². The predicted octanol–water partition coefficient (Wildman–Crippen LogP) is 2.99. The molecule has 3 rings (SSSR count). The number of halogens is 1.